The third-order valence-electron chi connectivity index (χ3n) is 2.76. The van der Waals surface area contributed by atoms with Crippen LogP contribution in [0, 0.1) is 5.92 Å². The summed E-state index contributed by atoms with van der Waals surface area (Å²) in [6.45, 7) is 0.880. The van der Waals surface area contributed by atoms with Gasteiger partial charge in [-0.15, -0.1) is 0 Å². The molecule has 0 aromatic carbocycles. The second kappa shape index (κ2) is 4.32. The van der Waals surface area contributed by atoms with Crippen molar-refractivity contribution in [3.05, 3.63) is 18.5 Å². The van der Waals surface area contributed by atoms with Crippen LogP contribution in [0.1, 0.15) is 12.8 Å². The molecule has 0 amide bonds. The Morgan fingerprint density at radius 2 is 2.07 bits per heavy atom. The molecule has 0 unspecified atom stereocenters. The maximum absolute atomic E-state index is 5.74. The van der Waals surface area contributed by atoms with Crippen LogP contribution < -0.4 is 8.32 Å². The van der Waals surface area contributed by atoms with E-state index in [0.717, 1.165) is 18.3 Å². The molecule has 0 atom stereocenters. The second-order valence-corrected chi connectivity index (χ2v) is 19.9. The average Bonchev–Trinajstić information content (AvgIpc) is 2.97. The van der Waals surface area contributed by atoms with E-state index in [4.69, 9.17) is 4.74 Å². The molecule has 3 heteroatoms. The summed E-state index contributed by atoms with van der Waals surface area (Å²) in [6.07, 6.45) is 6.53. The number of rotatable bonds is 4. The fourth-order valence-corrected chi connectivity index (χ4v) is 4.37. The predicted molar refractivity (Wildman–Crippen MR) is 65.4 cm³/mol. The van der Waals surface area contributed by atoms with Crippen LogP contribution in [-0.2, 0) is 0 Å². The molecule has 0 radical (unpaired) electrons. The molecular formula is C12H19NOSn. The van der Waals surface area contributed by atoms with Crippen LogP contribution in [0.2, 0.25) is 14.8 Å². The van der Waals surface area contributed by atoms with Crippen molar-refractivity contribution < 1.29 is 4.74 Å². The summed E-state index contributed by atoms with van der Waals surface area (Å²) in [4.78, 5) is 11.5. The van der Waals surface area contributed by atoms with Gasteiger partial charge in [0.2, 0.25) is 0 Å². The van der Waals surface area contributed by atoms with Crippen molar-refractivity contribution in [2.45, 2.75) is 27.7 Å². The van der Waals surface area contributed by atoms with Gasteiger partial charge in [0.1, 0.15) is 0 Å². The SMILES string of the molecule is [CH3][Sn]([CH3])([CH3])[c]1cncc(OCC2CC2)c1. The topological polar surface area (TPSA) is 22.1 Å². The van der Waals surface area contributed by atoms with E-state index in [1.54, 1.807) is 0 Å². The summed E-state index contributed by atoms with van der Waals surface area (Å²) in [6, 6.07) is 2.20. The first kappa shape index (κ1) is 11.2. The molecule has 1 fully saturated rings. The van der Waals surface area contributed by atoms with Gasteiger partial charge in [0.05, 0.1) is 0 Å². The molecule has 0 spiro atoms. The van der Waals surface area contributed by atoms with Crippen molar-refractivity contribution in [2.24, 2.45) is 5.92 Å². The number of pyridine rings is 1. The molecular weight excluding hydrogens is 293 g/mol. The van der Waals surface area contributed by atoms with Gasteiger partial charge in [0.15, 0.2) is 0 Å². The van der Waals surface area contributed by atoms with Crippen LogP contribution in [-0.4, -0.2) is 30.0 Å². The third-order valence-corrected chi connectivity index (χ3v) is 8.49. The Bertz CT molecular complexity index is 342. The maximum atomic E-state index is 5.74. The molecule has 0 bridgehead atoms. The fraction of sp³-hybridized carbons (Fsp3) is 0.583. The van der Waals surface area contributed by atoms with Crippen LogP contribution in [0.5, 0.6) is 5.75 Å². The zero-order valence-electron chi connectivity index (χ0n) is 9.79. The van der Waals surface area contributed by atoms with Crippen LogP contribution in [0.15, 0.2) is 18.5 Å². The Labute approximate surface area is 95.9 Å². The number of aromatic nitrogens is 1. The first-order valence-corrected chi connectivity index (χ1v) is 15.6. The number of hydrogen-bond donors (Lipinski definition) is 0. The molecule has 0 saturated heterocycles. The summed E-state index contributed by atoms with van der Waals surface area (Å²) in [5, 5.41) is 0. The van der Waals surface area contributed by atoms with Gasteiger partial charge in [-0.25, -0.2) is 0 Å². The molecule has 0 aliphatic heterocycles. The van der Waals surface area contributed by atoms with Crippen molar-refractivity contribution in [1.29, 1.82) is 0 Å². The first-order chi connectivity index (χ1) is 7.05. The van der Waals surface area contributed by atoms with E-state index >= 15 is 0 Å². The van der Waals surface area contributed by atoms with Crippen LogP contribution in [0.25, 0.3) is 0 Å². The molecule has 0 N–H and O–H groups in total. The molecule has 2 rings (SSSR count). The molecule has 1 heterocycles. The van der Waals surface area contributed by atoms with Crippen LogP contribution in [0.4, 0.5) is 0 Å². The van der Waals surface area contributed by atoms with Gasteiger partial charge < -0.3 is 0 Å². The summed E-state index contributed by atoms with van der Waals surface area (Å²) in [5.41, 5.74) is 0. The van der Waals surface area contributed by atoms with E-state index in [1.807, 2.05) is 12.4 Å². The standard InChI is InChI=1S/C9H10NO.3CH3.Sn/c1-2-9(6-10-5-1)11-7-8-3-4-8;;;;/h2,5-6,8H,3-4,7H2;3*1H3;. The second-order valence-electron chi connectivity index (χ2n) is 5.41. The van der Waals surface area contributed by atoms with Gasteiger partial charge in [0.25, 0.3) is 0 Å². The van der Waals surface area contributed by atoms with Crippen LogP contribution >= 0.6 is 0 Å². The Kier molecular flexibility index (Phi) is 3.24. The Hall–Kier alpha value is -0.251. The number of nitrogens with zero attached hydrogens (tertiary/aromatic N) is 1. The monoisotopic (exact) mass is 313 g/mol. The van der Waals surface area contributed by atoms with E-state index in [9.17, 15) is 0 Å². The summed E-state index contributed by atoms with van der Waals surface area (Å²) >= 11 is -1.96. The zero-order valence-corrected chi connectivity index (χ0v) is 12.6. The van der Waals surface area contributed by atoms with Crippen molar-refractivity contribution in [2.75, 3.05) is 6.61 Å². The zero-order chi connectivity index (χ0) is 10.9. The third kappa shape index (κ3) is 3.36. The molecule has 1 aliphatic rings. The van der Waals surface area contributed by atoms with Crippen LogP contribution in [0.3, 0.4) is 0 Å². The van der Waals surface area contributed by atoms with Gasteiger partial charge in [-0.05, 0) is 0 Å². The van der Waals surface area contributed by atoms with E-state index in [1.165, 1.54) is 16.4 Å². The van der Waals surface area contributed by atoms with E-state index in [-0.39, 0.29) is 0 Å². The van der Waals surface area contributed by atoms with Crippen molar-refractivity contribution in [1.82, 2.24) is 4.98 Å². The predicted octanol–water partition coefficient (Wildman–Crippen LogP) is 2.42. The molecule has 1 aliphatic carbocycles. The summed E-state index contributed by atoms with van der Waals surface area (Å²) in [7, 11) is 0. The Morgan fingerprint density at radius 3 is 2.67 bits per heavy atom. The Balaban J connectivity index is 2.04. The Morgan fingerprint density at radius 1 is 1.33 bits per heavy atom. The van der Waals surface area contributed by atoms with Gasteiger partial charge in [-0.3, -0.25) is 0 Å². The molecule has 1 aromatic rings. The molecule has 1 saturated carbocycles. The van der Waals surface area contributed by atoms with Crippen molar-refractivity contribution in [3.8, 4) is 5.75 Å². The quantitative estimate of drug-likeness (QED) is 0.797. The summed E-state index contributed by atoms with van der Waals surface area (Å²) < 4.78 is 7.18. The van der Waals surface area contributed by atoms with Gasteiger partial charge in [-0.2, -0.15) is 0 Å². The fourth-order valence-electron chi connectivity index (χ4n) is 1.41. The van der Waals surface area contributed by atoms with E-state index < -0.39 is 18.4 Å². The van der Waals surface area contributed by atoms with Gasteiger partial charge >= 0.3 is 96.1 Å². The first-order valence-electron chi connectivity index (χ1n) is 5.64. The minimum atomic E-state index is -1.96. The van der Waals surface area contributed by atoms with Crippen molar-refractivity contribution >= 4 is 22.0 Å². The average molecular weight is 312 g/mol. The molecule has 82 valence electrons. The van der Waals surface area contributed by atoms with Crippen molar-refractivity contribution in [3.63, 3.8) is 0 Å². The molecule has 1 aromatic heterocycles. The van der Waals surface area contributed by atoms with Gasteiger partial charge in [0, 0.05) is 0 Å². The molecule has 15 heavy (non-hydrogen) atoms. The minimum absolute atomic E-state index is 0.812. The number of hydrogen-bond acceptors (Lipinski definition) is 2. The summed E-state index contributed by atoms with van der Waals surface area (Å²) in [5.74, 6) is 1.78. The number of ether oxygens (including phenoxy) is 1. The van der Waals surface area contributed by atoms with E-state index in [2.05, 4.69) is 25.9 Å². The van der Waals surface area contributed by atoms with Gasteiger partial charge in [-0.1, -0.05) is 0 Å². The van der Waals surface area contributed by atoms with E-state index in [0.29, 0.717) is 0 Å². The molecule has 2 nitrogen and oxygen atoms in total. The normalized spacial score (nSPS) is 16.5.